The maximum atomic E-state index is 13.5. The maximum absolute atomic E-state index is 13.5. The van der Waals surface area contributed by atoms with Crippen LogP contribution >= 0.6 is 22.9 Å². The van der Waals surface area contributed by atoms with Gasteiger partial charge in [-0.15, -0.1) is 11.3 Å². The molecule has 4 rings (SSSR count). The third-order valence-electron chi connectivity index (χ3n) is 4.12. The van der Waals surface area contributed by atoms with Crippen LogP contribution in [0, 0.1) is 11.6 Å². The molecule has 158 valence electrons. The van der Waals surface area contributed by atoms with E-state index >= 15 is 0 Å². The molecule has 6 nitrogen and oxygen atoms in total. The molecule has 2 aromatic heterocycles. The highest BCUT2D eigenvalue weighted by atomic mass is 35.5. The van der Waals surface area contributed by atoms with E-state index in [9.17, 15) is 13.6 Å². The maximum Gasteiger partial charge on any atom is 0.516 e. The standard InChI is InChI=1S/C21H14ClF2N3O3S/c1-2-29-21(28)30-20-26-18(25-13-7-8-16(24)15(22)9-13)14-10-17(31-19(14)27-20)11-3-5-12(23)6-4-11/h3-10H,2H2,1H3,(H,25,26,27). The van der Waals surface area contributed by atoms with Crippen molar-refractivity contribution in [2.24, 2.45) is 0 Å². The smallest absolute Gasteiger partial charge is 0.434 e. The topological polar surface area (TPSA) is 73.3 Å². The van der Waals surface area contributed by atoms with Gasteiger partial charge in [-0.3, -0.25) is 0 Å². The Labute approximate surface area is 184 Å². The minimum atomic E-state index is -0.937. The highest BCUT2D eigenvalue weighted by molar-refractivity contribution is 7.21. The Morgan fingerprint density at radius 1 is 1.13 bits per heavy atom. The van der Waals surface area contributed by atoms with Crippen molar-refractivity contribution < 1.29 is 23.0 Å². The molecule has 2 heterocycles. The van der Waals surface area contributed by atoms with E-state index in [1.54, 1.807) is 19.1 Å². The molecule has 0 aliphatic heterocycles. The van der Waals surface area contributed by atoms with Crippen LogP contribution in [-0.2, 0) is 4.74 Å². The molecule has 0 unspecified atom stereocenters. The van der Waals surface area contributed by atoms with Gasteiger partial charge in [0.1, 0.15) is 22.3 Å². The number of rotatable bonds is 5. The molecule has 0 bridgehead atoms. The van der Waals surface area contributed by atoms with Crippen molar-refractivity contribution in [2.75, 3.05) is 11.9 Å². The highest BCUT2D eigenvalue weighted by Gasteiger charge is 2.17. The zero-order chi connectivity index (χ0) is 22.0. The first-order chi connectivity index (χ1) is 14.9. The molecule has 10 heteroatoms. The number of aromatic nitrogens is 2. The van der Waals surface area contributed by atoms with Crippen LogP contribution in [0.25, 0.3) is 20.7 Å². The van der Waals surface area contributed by atoms with E-state index in [0.29, 0.717) is 21.7 Å². The van der Waals surface area contributed by atoms with Crippen LogP contribution in [0.15, 0.2) is 48.5 Å². The number of carbonyl (C=O) groups excluding carboxylic acids is 1. The molecular weight excluding hydrogens is 448 g/mol. The fraction of sp³-hybridized carbons (Fsp3) is 0.0952. The van der Waals surface area contributed by atoms with Gasteiger partial charge < -0.3 is 14.8 Å². The average Bonchev–Trinajstić information content (AvgIpc) is 3.16. The number of fused-ring (bicyclic) bond motifs is 1. The lowest BCUT2D eigenvalue weighted by Gasteiger charge is -2.09. The predicted octanol–water partition coefficient (Wildman–Crippen LogP) is 6.57. The molecule has 0 amide bonds. The van der Waals surface area contributed by atoms with E-state index in [1.165, 1.54) is 41.7 Å². The van der Waals surface area contributed by atoms with Crippen LogP contribution in [0.4, 0.5) is 25.1 Å². The van der Waals surface area contributed by atoms with Crippen molar-refractivity contribution in [3.05, 3.63) is 65.2 Å². The third kappa shape index (κ3) is 4.73. The molecule has 1 N–H and O–H groups in total. The molecule has 0 fully saturated rings. The van der Waals surface area contributed by atoms with Crippen LogP contribution < -0.4 is 10.1 Å². The largest absolute Gasteiger partial charge is 0.516 e. The van der Waals surface area contributed by atoms with E-state index in [-0.39, 0.29) is 23.5 Å². The summed E-state index contributed by atoms with van der Waals surface area (Å²) in [5.41, 5.74) is 1.26. The molecule has 4 aromatic rings. The third-order valence-corrected chi connectivity index (χ3v) is 5.49. The van der Waals surface area contributed by atoms with Crippen LogP contribution in [-0.4, -0.2) is 22.7 Å². The van der Waals surface area contributed by atoms with E-state index < -0.39 is 12.0 Å². The number of carbonyl (C=O) groups is 1. The zero-order valence-corrected chi connectivity index (χ0v) is 17.6. The zero-order valence-electron chi connectivity index (χ0n) is 16.0. The lowest BCUT2D eigenvalue weighted by atomic mass is 10.2. The van der Waals surface area contributed by atoms with Gasteiger partial charge in [-0.25, -0.2) is 13.6 Å². The Morgan fingerprint density at radius 2 is 1.90 bits per heavy atom. The summed E-state index contributed by atoms with van der Waals surface area (Å²) in [5.74, 6) is -0.581. The van der Waals surface area contributed by atoms with Gasteiger partial charge in [0.25, 0.3) is 0 Å². The van der Waals surface area contributed by atoms with Crippen LogP contribution in [0.3, 0.4) is 0 Å². The second-order valence-corrected chi connectivity index (χ2v) is 7.67. The Hall–Kier alpha value is -3.30. The van der Waals surface area contributed by atoms with Gasteiger partial charge in [0, 0.05) is 10.6 Å². The number of benzene rings is 2. The minimum Gasteiger partial charge on any atom is -0.434 e. The number of hydrogen-bond donors (Lipinski definition) is 1. The summed E-state index contributed by atoms with van der Waals surface area (Å²) in [5, 5.41) is 3.61. The SMILES string of the molecule is CCOC(=O)Oc1nc(Nc2ccc(F)c(Cl)c2)c2cc(-c3ccc(F)cc3)sc2n1. The molecule has 0 atom stereocenters. The number of ether oxygens (including phenoxy) is 2. The molecule has 0 radical (unpaired) electrons. The predicted molar refractivity (Wildman–Crippen MR) is 115 cm³/mol. The lowest BCUT2D eigenvalue weighted by molar-refractivity contribution is 0.101. The fourth-order valence-corrected chi connectivity index (χ4v) is 3.94. The summed E-state index contributed by atoms with van der Waals surface area (Å²) in [6.07, 6.45) is -0.937. The molecule has 0 spiro atoms. The molecular formula is C21H14ClF2N3O3S. The number of hydrogen-bond acceptors (Lipinski definition) is 7. The van der Waals surface area contributed by atoms with Crippen LogP contribution in [0.1, 0.15) is 6.92 Å². The summed E-state index contributed by atoms with van der Waals surface area (Å²) < 4.78 is 36.6. The van der Waals surface area contributed by atoms with Gasteiger partial charge in [-0.2, -0.15) is 9.97 Å². The molecule has 0 aliphatic carbocycles. The number of thiophene rings is 1. The minimum absolute atomic E-state index is 0.0596. The van der Waals surface area contributed by atoms with E-state index in [2.05, 4.69) is 15.3 Å². The van der Waals surface area contributed by atoms with Gasteiger partial charge in [0.05, 0.1) is 17.0 Å². The average molecular weight is 462 g/mol. The molecule has 31 heavy (non-hydrogen) atoms. The highest BCUT2D eigenvalue weighted by Crippen LogP contribution is 2.37. The number of anilines is 2. The van der Waals surface area contributed by atoms with E-state index in [4.69, 9.17) is 21.1 Å². The quantitative estimate of drug-likeness (QED) is 0.339. The first kappa shape index (κ1) is 21.0. The van der Waals surface area contributed by atoms with Gasteiger partial charge in [0.2, 0.25) is 0 Å². The summed E-state index contributed by atoms with van der Waals surface area (Å²) in [7, 11) is 0. The van der Waals surface area contributed by atoms with Crippen LogP contribution in [0.2, 0.25) is 5.02 Å². The monoisotopic (exact) mass is 461 g/mol. The Bertz CT molecular complexity index is 1260. The summed E-state index contributed by atoms with van der Waals surface area (Å²) >= 11 is 7.18. The summed E-state index contributed by atoms with van der Waals surface area (Å²) in [6, 6.07) is 11.8. The van der Waals surface area contributed by atoms with Gasteiger partial charge >= 0.3 is 12.2 Å². The van der Waals surface area contributed by atoms with Crippen molar-refractivity contribution in [1.29, 1.82) is 0 Å². The van der Waals surface area contributed by atoms with Gasteiger partial charge in [-0.05, 0) is 48.9 Å². The van der Waals surface area contributed by atoms with E-state index in [1.807, 2.05) is 6.07 Å². The first-order valence-electron chi connectivity index (χ1n) is 9.07. The Balaban J connectivity index is 1.78. The van der Waals surface area contributed by atoms with Crippen molar-refractivity contribution in [3.8, 4) is 16.5 Å². The molecule has 0 saturated heterocycles. The number of nitrogens with zero attached hydrogens (tertiary/aromatic N) is 2. The van der Waals surface area contributed by atoms with E-state index in [0.717, 1.165) is 10.4 Å². The second kappa shape index (κ2) is 8.83. The summed E-state index contributed by atoms with van der Waals surface area (Å²) in [6.45, 7) is 1.78. The first-order valence-corrected chi connectivity index (χ1v) is 10.3. The molecule has 0 aliphatic rings. The second-order valence-electron chi connectivity index (χ2n) is 6.23. The van der Waals surface area contributed by atoms with Gasteiger partial charge in [0.15, 0.2) is 0 Å². The van der Waals surface area contributed by atoms with Gasteiger partial charge in [-0.1, -0.05) is 23.7 Å². The van der Waals surface area contributed by atoms with Crippen LogP contribution in [0.5, 0.6) is 6.01 Å². The number of halogens is 3. The normalized spacial score (nSPS) is 10.8. The summed E-state index contributed by atoms with van der Waals surface area (Å²) in [4.78, 5) is 21.6. The van der Waals surface area contributed by atoms with Crippen molar-refractivity contribution in [3.63, 3.8) is 0 Å². The molecule has 0 saturated carbocycles. The lowest BCUT2D eigenvalue weighted by Crippen LogP contribution is -2.12. The molecule has 2 aromatic carbocycles. The number of nitrogens with one attached hydrogen (secondary N) is 1. The van der Waals surface area contributed by atoms with Crippen molar-refractivity contribution in [1.82, 2.24) is 9.97 Å². The Morgan fingerprint density at radius 3 is 2.61 bits per heavy atom. The fourth-order valence-electron chi connectivity index (χ4n) is 2.73. The Kier molecular flexibility index (Phi) is 5.97. The van der Waals surface area contributed by atoms with Crippen molar-refractivity contribution in [2.45, 2.75) is 6.92 Å². The van der Waals surface area contributed by atoms with Crippen molar-refractivity contribution >= 4 is 50.8 Å².